The average Bonchev–Trinajstić information content (AvgIpc) is 2.10. The van der Waals surface area contributed by atoms with Gasteiger partial charge < -0.3 is 0 Å². The second-order valence-corrected chi connectivity index (χ2v) is 9.40. The summed E-state index contributed by atoms with van der Waals surface area (Å²) in [6.07, 6.45) is 0.943. The molecule has 0 saturated heterocycles. The fourth-order valence-electron chi connectivity index (χ4n) is 0.441. The third-order valence-electron chi connectivity index (χ3n) is 1.13. The molecule has 0 aliphatic heterocycles. The Labute approximate surface area is 114 Å². The predicted molar refractivity (Wildman–Crippen MR) is 68.8 cm³/mol. The Hall–Kier alpha value is 0.820. The molecule has 0 aromatic heterocycles. The minimum atomic E-state index is -3.75. The minimum absolute atomic E-state index is 0.147. The molecule has 96 valence electrons. The Morgan fingerprint density at radius 3 is 2.00 bits per heavy atom. The van der Waals surface area contributed by atoms with Gasteiger partial charge in [0.05, 0.1) is 11.5 Å². The van der Waals surface area contributed by atoms with Gasteiger partial charge in [-0.05, 0) is 11.9 Å². The van der Waals surface area contributed by atoms with Gasteiger partial charge in [-0.1, -0.05) is 34.8 Å². The Kier molecular flexibility index (Phi) is 7.01. The summed E-state index contributed by atoms with van der Waals surface area (Å²) in [5, 5.41) is 0. The van der Waals surface area contributed by atoms with E-state index in [-0.39, 0.29) is 8.86 Å². The summed E-state index contributed by atoms with van der Waals surface area (Å²) in [6.45, 7) is 0. The number of sulfone groups is 1. The summed E-state index contributed by atoms with van der Waals surface area (Å²) in [4.78, 5) is 0. The second-order valence-electron chi connectivity index (χ2n) is 2.67. The maximum absolute atomic E-state index is 11.2. The van der Waals surface area contributed by atoms with Crippen molar-refractivity contribution in [2.75, 3.05) is 17.8 Å². The van der Waals surface area contributed by atoms with E-state index in [4.69, 9.17) is 34.8 Å². The highest BCUT2D eigenvalue weighted by Gasteiger charge is 2.15. The zero-order valence-corrected chi connectivity index (χ0v) is 12.6. The normalized spacial score (nSPS) is 12.5. The monoisotopic (exact) mass is 347 g/mol. The summed E-state index contributed by atoms with van der Waals surface area (Å²) >= 11 is 16.5. The van der Waals surface area contributed by atoms with Crippen molar-refractivity contribution in [2.45, 2.75) is 0 Å². The van der Waals surface area contributed by atoms with Gasteiger partial charge in [0.2, 0.25) is 10.0 Å². The molecule has 1 N–H and O–H groups in total. The largest absolute Gasteiger partial charge is 0.229 e. The van der Waals surface area contributed by atoms with E-state index in [1.165, 1.54) is 0 Å². The Morgan fingerprint density at radius 1 is 1.12 bits per heavy atom. The van der Waals surface area contributed by atoms with Crippen LogP contribution in [0.2, 0.25) is 0 Å². The Morgan fingerprint density at radius 2 is 1.62 bits per heavy atom. The third kappa shape index (κ3) is 8.91. The van der Waals surface area contributed by atoms with Crippen molar-refractivity contribution >= 4 is 66.6 Å². The topological polar surface area (TPSA) is 80.3 Å². The zero-order chi connectivity index (χ0) is 13.0. The van der Waals surface area contributed by atoms with Crippen molar-refractivity contribution in [1.29, 1.82) is 0 Å². The van der Waals surface area contributed by atoms with E-state index in [2.05, 4.69) is 0 Å². The van der Waals surface area contributed by atoms with Crippen LogP contribution in [0.25, 0.3) is 0 Å². The summed E-state index contributed by atoms with van der Waals surface area (Å²) in [6, 6.07) is 0. The lowest BCUT2D eigenvalue weighted by atomic mass is 11.0. The first kappa shape index (κ1) is 16.8. The zero-order valence-electron chi connectivity index (χ0n) is 7.91. The molecule has 16 heavy (non-hydrogen) atoms. The molecule has 0 radical (unpaired) electrons. The van der Waals surface area contributed by atoms with E-state index < -0.39 is 31.4 Å². The highest BCUT2D eigenvalue weighted by Crippen LogP contribution is 2.26. The number of rotatable bonds is 6. The number of nitrogens with one attached hydrogen (secondary N) is 1. The summed E-state index contributed by atoms with van der Waals surface area (Å²) < 4.78 is 45.5. The van der Waals surface area contributed by atoms with Crippen LogP contribution in [0.1, 0.15) is 0 Å². The van der Waals surface area contributed by atoms with Gasteiger partial charge >= 0.3 is 0 Å². The van der Waals surface area contributed by atoms with Crippen LogP contribution in [-0.4, -0.2) is 34.6 Å². The molecule has 0 heterocycles. The first-order chi connectivity index (χ1) is 7.03. The second kappa shape index (κ2) is 6.67. The lowest BCUT2D eigenvalue weighted by Crippen LogP contribution is -2.24. The molecule has 0 amide bonds. The van der Waals surface area contributed by atoms with Gasteiger partial charge in [0.15, 0.2) is 0 Å². The molecular weight excluding hydrogens is 341 g/mol. The molecule has 0 rings (SSSR count). The van der Waals surface area contributed by atoms with Gasteiger partial charge in [0.25, 0.3) is 0 Å². The van der Waals surface area contributed by atoms with Crippen LogP contribution >= 0.6 is 46.8 Å². The number of halogens is 3. The SMILES string of the molecule is CS(=O)(=O)CCS(=O)(=O)NSC(Cl)=C(Cl)Cl. The van der Waals surface area contributed by atoms with Crippen molar-refractivity contribution < 1.29 is 16.8 Å². The molecule has 0 saturated carbocycles. The highest BCUT2D eigenvalue weighted by atomic mass is 35.5. The summed E-state index contributed by atoms with van der Waals surface area (Å²) in [5.41, 5.74) is 0. The van der Waals surface area contributed by atoms with Gasteiger partial charge in [-0.15, -0.1) is 0 Å². The van der Waals surface area contributed by atoms with Crippen LogP contribution in [0.3, 0.4) is 0 Å². The van der Waals surface area contributed by atoms with E-state index in [0.717, 1.165) is 6.26 Å². The van der Waals surface area contributed by atoms with Gasteiger partial charge in [0, 0.05) is 6.26 Å². The molecule has 0 bridgehead atoms. The quantitative estimate of drug-likeness (QED) is 0.735. The van der Waals surface area contributed by atoms with Crippen LogP contribution in [0.5, 0.6) is 0 Å². The van der Waals surface area contributed by atoms with Gasteiger partial charge in [-0.25, -0.2) is 16.8 Å². The van der Waals surface area contributed by atoms with Crippen molar-refractivity contribution in [3.8, 4) is 0 Å². The maximum atomic E-state index is 11.2. The van der Waals surface area contributed by atoms with Crippen LogP contribution in [0, 0.1) is 0 Å². The Bertz CT molecular complexity index is 465. The first-order valence-electron chi connectivity index (χ1n) is 3.58. The van der Waals surface area contributed by atoms with Crippen LogP contribution in [-0.2, 0) is 19.9 Å². The van der Waals surface area contributed by atoms with E-state index in [1.54, 1.807) is 0 Å². The van der Waals surface area contributed by atoms with Crippen molar-refractivity contribution in [3.05, 3.63) is 8.86 Å². The molecule has 0 aliphatic carbocycles. The summed E-state index contributed by atoms with van der Waals surface area (Å²) in [5.74, 6) is -1.03. The number of hydrogen-bond donors (Lipinski definition) is 1. The van der Waals surface area contributed by atoms with Crippen LogP contribution in [0.15, 0.2) is 8.86 Å². The molecule has 0 unspecified atom stereocenters. The average molecular weight is 349 g/mol. The molecular formula is C5H8Cl3NO4S3. The maximum Gasteiger partial charge on any atom is 0.222 e. The fraction of sp³-hybridized carbons (Fsp3) is 0.600. The van der Waals surface area contributed by atoms with Crippen molar-refractivity contribution in [1.82, 2.24) is 4.13 Å². The molecule has 0 aromatic carbocycles. The van der Waals surface area contributed by atoms with E-state index >= 15 is 0 Å². The van der Waals surface area contributed by atoms with E-state index in [9.17, 15) is 16.8 Å². The lowest BCUT2D eigenvalue weighted by Gasteiger charge is -2.04. The lowest BCUT2D eigenvalue weighted by molar-refractivity contribution is 0.589. The number of sulfonamides is 1. The Balaban J connectivity index is 4.34. The minimum Gasteiger partial charge on any atom is -0.229 e. The smallest absolute Gasteiger partial charge is 0.222 e. The molecule has 0 aliphatic rings. The standard InChI is InChI=1S/C5H8Cl3NO4S3/c1-15(10,11)2-3-16(12,13)9-14-5(8)4(6)7/h9H,2-3H2,1H3. The van der Waals surface area contributed by atoms with E-state index in [0.29, 0.717) is 11.9 Å². The van der Waals surface area contributed by atoms with Gasteiger partial charge in [-0.3, -0.25) is 0 Å². The van der Waals surface area contributed by atoms with E-state index in [1.807, 2.05) is 4.13 Å². The van der Waals surface area contributed by atoms with Gasteiger partial charge in [-0.2, -0.15) is 4.13 Å². The molecule has 0 atom stereocenters. The van der Waals surface area contributed by atoms with Gasteiger partial charge in [0.1, 0.15) is 18.7 Å². The van der Waals surface area contributed by atoms with Crippen molar-refractivity contribution in [3.63, 3.8) is 0 Å². The van der Waals surface area contributed by atoms with Crippen LogP contribution < -0.4 is 4.13 Å². The molecule has 5 nitrogen and oxygen atoms in total. The molecule has 0 fully saturated rings. The molecule has 0 aromatic rings. The van der Waals surface area contributed by atoms with Crippen LogP contribution in [0.4, 0.5) is 0 Å². The molecule has 11 heteroatoms. The third-order valence-corrected chi connectivity index (χ3v) is 6.02. The highest BCUT2D eigenvalue weighted by molar-refractivity contribution is 8.12. The fourth-order valence-corrected chi connectivity index (χ4v) is 4.26. The van der Waals surface area contributed by atoms with Crippen molar-refractivity contribution in [2.24, 2.45) is 0 Å². The first-order valence-corrected chi connectivity index (χ1v) is 9.24. The summed E-state index contributed by atoms with van der Waals surface area (Å²) in [7, 11) is -7.08. The number of hydrogen-bond acceptors (Lipinski definition) is 5. The predicted octanol–water partition coefficient (Wildman–Crippen LogP) is 1.44. The molecule has 0 spiro atoms.